The molecule has 0 radical (unpaired) electrons. The molecule has 0 atom stereocenters. The highest BCUT2D eigenvalue weighted by atomic mass is 35.5. The van der Waals surface area contributed by atoms with Crippen LogP contribution in [0.25, 0.3) is 5.69 Å². The molecule has 1 aromatic heterocycles. The number of ether oxygens (including phenoxy) is 1. The Balaban J connectivity index is 1.78. The van der Waals surface area contributed by atoms with Crippen LogP contribution in [0.1, 0.15) is 21.7 Å². The molecule has 1 heterocycles. The van der Waals surface area contributed by atoms with Crippen molar-refractivity contribution >= 4 is 23.1 Å². The second kappa shape index (κ2) is 7.84. The van der Waals surface area contributed by atoms with Gasteiger partial charge in [0.2, 0.25) is 0 Å². The van der Waals surface area contributed by atoms with Crippen LogP contribution >= 0.6 is 11.6 Å². The third kappa shape index (κ3) is 3.98. The van der Waals surface area contributed by atoms with Crippen molar-refractivity contribution in [2.75, 3.05) is 19.0 Å². The smallest absolute Gasteiger partial charge is 0.183 e. The van der Waals surface area contributed by atoms with E-state index in [9.17, 15) is 9.18 Å². The monoisotopic (exact) mass is 386 g/mol. The molecule has 0 aliphatic rings. The predicted molar refractivity (Wildman–Crippen MR) is 106 cm³/mol. The van der Waals surface area contributed by atoms with Gasteiger partial charge in [-0.2, -0.15) is 0 Å². The maximum Gasteiger partial charge on any atom is 0.183 e. The quantitative estimate of drug-likeness (QED) is 0.593. The molecule has 0 amide bonds. The normalized spacial score (nSPS) is 10.7. The van der Waals surface area contributed by atoms with E-state index in [0.29, 0.717) is 16.3 Å². The number of hydrogen-bond donors (Lipinski definition) is 1. The van der Waals surface area contributed by atoms with Gasteiger partial charge in [0.05, 0.1) is 18.7 Å². The van der Waals surface area contributed by atoms with Gasteiger partial charge in [-0.15, -0.1) is 0 Å². The van der Waals surface area contributed by atoms with E-state index < -0.39 is 0 Å². The number of nitrogens with zero attached hydrogens (tertiary/aromatic N) is 1. The second-order valence-electron chi connectivity index (χ2n) is 6.22. The number of ketones is 1. The first-order valence-corrected chi connectivity index (χ1v) is 8.84. The van der Waals surface area contributed by atoms with Crippen LogP contribution < -0.4 is 10.1 Å². The summed E-state index contributed by atoms with van der Waals surface area (Å²) < 4.78 is 20.3. The van der Waals surface area contributed by atoms with Crippen molar-refractivity contribution in [1.82, 2.24) is 4.57 Å². The highest BCUT2D eigenvalue weighted by Crippen LogP contribution is 2.27. The molecule has 1 N–H and O–H groups in total. The van der Waals surface area contributed by atoms with E-state index >= 15 is 0 Å². The number of benzene rings is 2. The van der Waals surface area contributed by atoms with E-state index in [4.69, 9.17) is 16.3 Å². The predicted octanol–water partition coefficient (Wildman–Crippen LogP) is 5.19. The van der Waals surface area contributed by atoms with E-state index in [2.05, 4.69) is 5.32 Å². The molecule has 2 aromatic carbocycles. The lowest BCUT2D eigenvalue weighted by molar-refractivity contribution is 0.101. The third-order valence-corrected chi connectivity index (χ3v) is 4.72. The number of Topliss-reactive ketones (excluding diaryl/α,β-unsaturated/α-hetero) is 1. The van der Waals surface area contributed by atoms with Crippen LogP contribution in [-0.2, 0) is 0 Å². The van der Waals surface area contributed by atoms with Crippen LogP contribution in [0.5, 0.6) is 5.75 Å². The Bertz CT molecular complexity index is 981. The molecular formula is C21H20ClFN2O2. The molecule has 0 saturated carbocycles. The number of nitrogens with one attached hydrogen (secondary N) is 1. The van der Waals surface area contributed by atoms with Crippen LogP contribution in [0, 0.1) is 19.7 Å². The Kier molecular flexibility index (Phi) is 5.51. The van der Waals surface area contributed by atoms with Crippen molar-refractivity contribution < 1.29 is 13.9 Å². The summed E-state index contributed by atoms with van der Waals surface area (Å²) >= 11 is 6.11. The Labute approximate surface area is 162 Å². The third-order valence-electron chi connectivity index (χ3n) is 4.42. The van der Waals surface area contributed by atoms with E-state index in [0.717, 1.165) is 22.8 Å². The fraction of sp³-hybridized carbons (Fsp3) is 0.190. The van der Waals surface area contributed by atoms with Crippen LogP contribution in [0.2, 0.25) is 5.02 Å². The Hall–Kier alpha value is -2.79. The molecule has 3 rings (SSSR count). The minimum absolute atomic E-state index is 0.0385. The maximum atomic E-state index is 13.2. The van der Waals surface area contributed by atoms with Gasteiger partial charge in [0.1, 0.15) is 11.6 Å². The lowest BCUT2D eigenvalue weighted by Crippen LogP contribution is -2.15. The highest BCUT2D eigenvalue weighted by Gasteiger charge is 2.16. The van der Waals surface area contributed by atoms with Gasteiger partial charge >= 0.3 is 0 Å². The number of methoxy groups -OCH3 is 1. The zero-order chi connectivity index (χ0) is 19.6. The summed E-state index contributed by atoms with van der Waals surface area (Å²) in [5, 5.41) is 3.57. The van der Waals surface area contributed by atoms with Crippen LogP contribution in [0.3, 0.4) is 0 Å². The van der Waals surface area contributed by atoms with Crippen molar-refractivity contribution in [1.29, 1.82) is 0 Å². The van der Waals surface area contributed by atoms with Gasteiger partial charge < -0.3 is 14.6 Å². The summed E-state index contributed by atoms with van der Waals surface area (Å²) in [5.41, 5.74) is 3.92. The molecule has 27 heavy (non-hydrogen) atoms. The number of hydrogen-bond acceptors (Lipinski definition) is 3. The number of aromatic nitrogens is 1. The molecule has 6 heteroatoms. The van der Waals surface area contributed by atoms with Gasteiger partial charge in [0, 0.05) is 28.3 Å². The lowest BCUT2D eigenvalue weighted by atomic mass is 10.1. The standard InChI is InChI=1S/C21H20ClFN2O2/c1-13-10-18(14(2)25(13)17-7-4-15(23)5-8-17)20(26)12-24-16-6-9-21(27-3)19(22)11-16/h4-11,24H,12H2,1-3H3. The molecular weight excluding hydrogens is 367 g/mol. The maximum absolute atomic E-state index is 13.2. The molecule has 0 saturated heterocycles. The summed E-state index contributed by atoms with van der Waals surface area (Å²) in [6, 6.07) is 13.3. The van der Waals surface area contributed by atoms with E-state index in [-0.39, 0.29) is 18.1 Å². The van der Waals surface area contributed by atoms with Gasteiger partial charge in [0.15, 0.2) is 5.78 Å². The van der Waals surface area contributed by atoms with Gasteiger partial charge in [0.25, 0.3) is 0 Å². The van der Waals surface area contributed by atoms with Crippen molar-refractivity contribution in [3.05, 3.63) is 76.3 Å². The van der Waals surface area contributed by atoms with Crippen molar-refractivity contribution in [2.24, 2.45) is 0 Å². The molecule has 0 fully saturated rings. The van der Waals surface area contributed by atoms with Gasteiger partial charge in [-0.05, 0) is 62.4 Å². The average Bonchev–Trinajstić information content (AvgIpc) is 2.95. The first kappa shape index (κ1) is 19.0. The topological polar surface area (TPSA) is 43.3 Å². The summed E-state index contributed by atoms with van der Waals surface area (Å²) in [4.78, 5) is 12.7. The van der Waals surface area contributed by atoms with Crippen molar-refractivity contribution in [2.45, 2.75) is 13.8 Å². The molecule has 140 valence electrons. The lowest BCUT2D eigenvalue weighted by Gasteiger charge is -2.10. The van der Waals surface area contributed by atoms with Gasteiger partial charge in [-0.1, -0.05) is 11.6 Å². The van der Waals surface area contributed by atoms with E-state index in [1.54, 1.807) is 37.4 Å². The fourth-order valence-electron chi connectivity index (χ4n) is 3.09. The minimum Gasteiger partial charge on any atom is -0.495 e. The Morgan fingerprint density at radius 2 is 1.85 bits per heavy atom. The number of carbonyl (C=O) groups excluding carboxylic acids is 1. The summed E-state index contributed by atoms with van der Waals surface area (Å²) in [6.45, 7) is 3.94. The Morgan fingerprint density at radius 1 is 1.15 bits per heavy atom. The summed E-state index contributed by atoms with van der Waals surface area (Å²) in [6.07, 6.45) is 0. The Morgan fingerprint density at radius 3 is 2.48 bits per heavy atom. The second-order valence-corrected chi connectivity index (χ2v) is 6.63. The zero-order valence-electron chi connectivity index (χ0n) is 15.3. The van der Waals surface area contributed by atoms with E-state index in [1.807, 2.05) is 24.5 Å². The molecule has 0 aliphatic heterocycles. The number of aryl methyl sites for hydroxylation is 1. The first-order chi connectivity index (χ1) is 12.9. The molecule has 4 nitrogen and oxygen atoms in total. The number of halogens is 2. The largest absolute Gasteiger partial charge is 0.495 e. The van der Waals surface area contributed by atoms with Crippen LogP contribution in [-0.4, -0.2) is 24.0 Å². The van der Waals surface area contributed by atoms with Gasteiger partial charge in [-0.25, -0.2) is 4.39 Å². The number of rotatable bonds is 6. The molecule has 3 aromatic rings. The molecule has 0 unspecified atom stereocenters. The summed E-state index contributed by atoms with van der Waals surface area (Å²) in [5.74, 6) is 0.250. The molecule has 0 aliphatic carbocycles. The number of anilines is 1. The van der Waals surface area contributed by atoms with E-state index in [1.165, 1.54) is 12.1 Å². The highest BCUT2D eigenvalue weighted by molar-refractivity contribution is 6.32. The van der Waals surface area contributed by atoms with Crippen LogP contribution in [0.15, 0.2) is 48.5 Å². The van der Waals surface area contributed by atoms with Crippen LogP contribution in [0.4, 0.5) is 10.1 Å². The molecule has 0 bridgehead atoms. The van der Waals surface area contributed by atoms with Crippen molar-refractivity contribution in [3.63, 3.8) is 0 Å². The molecule has 0 spiro atoms. The fourth-order valence-corrected chi connectivity index (χ4v) is 3.34. The minimum atomic E-state index is -0.292. The first-order valence-electron chi connectivity index (χ1n) is 8.46. The summed E-state index contributed by atoms with van der Waals surface area (Å²) in [7, 11) is 1.55. The van der Waals surface area contributed by atoms with Crippen molar-refractivity contribution in [3.8, 4) is 11.4 Å². The van der Waals surface area contributed by atoms with Gasteiger partial charge in [-0.3, -0.25) is 4.79 Å². The zero-order valence-corrected chi connectivity index (χ0v) is 16.1. The number of carbonyl (C=O) groups is 1. The average molecular weight is 387 g/mol. The SMILES string of the molecule is COc1ccc(NCC(=O)c2cc(C)n(-c3ccc(F)cc3)c2C)cc1Cl.